The van der Waals surface area contributed by atoms with Gasteiger partial charge in [-0.3, -0.25) is 0 Å². The summed E-state index contributed by atoms with van der Waals surface area (Å²) in [6.07, 6.45) is -1.00. The average molecular weight is 423 g/mol. The number of benzene rings is 1. The summed E-state index contributed by atoms with van der Waals surface area (Å²) >= 11 is 0. The molecule has 0 radical (unpaired) electrons. The summed E-state index contributed by atoms with van der Waals surface area (Å²) in [6, 6.07) is 7.48. The Labute approximate surface area is 175 Å². The van der Waals surface area contributed by atoms with Crippen LogP contribution in [0.1, 0.15) is 32.1 Å². The van der Waals surface area contributed by atoms with Gasteiger partial charge >= 0.3 is 0 Å². The Bertz CT molecular complexity index is 738. The Morgan fingerprint density at radius 1 is 1.23 bits per heavy atom. The predicted octanol–water partition coefficient (Wildman–Crippen LogP) is 3.32. The minimum absolute atomic E-state index is 0.0575. The Balaban J connectivity index is 1.84. The van der Waals surface area contributed by atoms with Crippen molar-refractivity contribution in [2.75, 3.05) is 40.8 Å². The van der Waals surface area contributed by atoms with Crippen LogP contribution < -0.4 is 4.74 Å². The van der Waals surface area contributed by atoms with Crippen LogP contribution in [-0.2, 0) is 28.4 Å². The highest BCUT2D eigenvalue weighted by Gasteiger charge is 2.53. The third kappa shape index (κ3) is 5.22. The van der Waals surface area contributed by atoms with E-state index >= 15 is 0 Å². The highest BCUT2D eigenvalue weighted by atomic mass is 16.7. The van der Waals surface area contributed by atoms with Gasteiger partial charge in [-0.1, -0.05) is 17.2 Å². The van der Waals surface area contributed by atoms with Gasteiger partial charge in [-0.15, -0.1) is 0 Å². The molecule has 2 aliphatic rings. The van der Waals surface area contributed by atoms with Gasteiger partial charge in [0.1, 0.15) is 24.2 Å². The normalized spacial score (nSPS) is 31.0. The first kappa shape index (κ1) is 22.8. The quantitative estimate of drug-likeness (QED) is 0.207. The van der Waals surface area contributed by atoms with Gasteiger partial charge < -0.3 is 33.2 Å². The summed E-state index contributed by atoms with van der Waals surface area (Å²) in [5.41, 5.74) is 9.01. The highest BCUT2D eigenvalue weighted by Crippen LogP contribution is 2.39. The van der Waals surface area contributed by atoms with E-state index in [2.05, 4.69) is 10.0 Å². The van der Waals surface area contributed by atoms with Crippen molar-refractivity contribution in [1.82, 2.24) is 0 Å². The van der Waals surface area contributed by atoms with Gasteiger partial charge in [-0.05, 0) is 37.9 Å². The average Bonchev–Trinajstić information content (AvgIpc) is 2.76. The molecule has 2 fully saturated rings. The first-order chi connectivity index (χ1) is 14.4. The van der Waals surface area contributed by atoms with E-state index < -0.39 is 29.8 Å². The lowest BCUT2D eigenvalue weighted by Crippen LogP contribution is -2.63. The van der Waals surface area contributed by atoms with Crippen LogP contribution in [0.2, 0.25) is 0 Å². The van der Waals surface area contributed by atoms with E-state index in [1.807, 2.05) is 38.1 Å². The summed E-state index contributed by atoms with van der Waals surface area (Å²) in [4.78, 5) is 3.04. The molecular formula is C20H29N3O7. The molecule has 10 nitrogen and oxygen atoms in total. The molecule has 2 aliphatic heterocycles. The van der Waals surface area contributed by atoms with E-state index in [4.69, 9.17) is 33.2 Å². The van der Waals surface area contributed by atoms with Crippen molar-refractivity contribution >= 4 is 0 Å². The summed E-state index contributed by atoms with van der Waals surface area (Å²) < 4.78 is 39.9. The van der Waals surface area contributed by atoms with Crippen molar-refractivity contribution in [1.29, 1.82) is 0 Å². The van der Waals surface area contributed by atoms with Gasteiger partial charge in [-0.2, -0.15) is 0 Å². The fraction of sp³-hybridized carbons (Fsp3) is 0.700. The van der Waals surface area contributed by atoms with Crippen molar-refractivity contribution in [2.45, 2.75) is 50.1 Å². The maximum Gasteiger partial charge on any atom is 0.184 e. The molecular weight excluding hydrogens is 394 g/mol. The predicted molar refractivity (Wildman–Crippen MR) is 106 cm³/mol. The molecule has 3 rings (SSSR count). The smallest absolute Gasteiger partial charge is 0.184 e. The van der Waals surface area contributed by atoms with Gasteiger partial charge in [0.05, 0.1) is 33.0 Å². The van der Waals surface area contributed by atoms with Crippen molar-refractivity contribution in [2.24, 2.45) is 5.11 Å². The zero-order valence-corrected chi connectivity index (χ0v) is 17.8. The fourth-order valence-electron chi connectivity index (χ4n) is 3.60. The van der Waals surface area contributed by atoms with Crippen LogP contribution in [0.4, 0.5) is 0 Å². The molecule has 30 heavy (non-hydrogen) atoms. The molecule has 2 saturated heterocycles. The largest absolute Gasteiger partial charge is 0.497 e. The lowest BCUT2D eigenvalue weighted by molar-refractivity contribution is -0.342. The highest BCUT2D eigenvalue weighted by molar-refractivity contribution is 5.28. The molecule has 0 saturated carbocycles. The molecule has 0 aromatic heterocycles. The van der Waals surface area contributed by atoms with Crippen LogP contribution in [0.15, 0.2) is 29.4 Å². The second-order valence-corrected chi connectivity index (χ2v) is 7.71. The molecule has 0 unspecified atom stereocenters. The van der Waals surface area contributed by atoms with Crippen molar-refractivity contribution in [3.63, 3.8) is 0 Å². The van der Waals surface area contributed by atoms with Crippen LogP contribution >= 0.6 is 0 Å². The maximum absolute atomic E-state index is 9.25. The minimum atomic E-state index is -1.10. The fourth-order valence-corrected chi connectivity index (χ4v) is 3.60. The molecule has 0 aliphatic carbocycles. The number of azide groups is 1. The van der Waals surface area contributed by atoms with Gasteiger partial charge in [0.2, 0.25) is 0 Å². The molecule has 4 atom stereocenters. The molecule has 10 heteroatoms. The van der Waals surface area contributed by atoms with Gasteiger partial charge in [-0.25, -0.2) is 0 Å². The lowest BCUT2D eigenvalue weighted by Gasteiger charge is -2.50. The number of hydrogen-bond acceptors (Lipinski definition) is 8. The second-order valence-electron chi connectivity index (χ2n) is 7.71. The maximum atomic E-state index is 9.25. The number of rotatable bonds is 8. The standard InChI is InChI=1S/C20H29N3O7/c1-19(2)28-12-20(22-23-21,11-26-13-24-3)17(30-19)16-9-10-27-18(29-16)14-5-7-15(25-4)8-6-14/h5-8,16-18H,9-13H2,1-4H3/t16-,17+,18-,20-/m1/s1. The molecule has 2 heterocycles. The van der Waals surface area contributed by atoms with E-state index in [1.54, 1.807) is 7.11 Å². The van der Waals surface area contributed by atoms with Crippen LogP contribution in [0.5, 0.6) is 5.75 Å². The molecule has 166 valence electrons. The summed E-state index contributed by atoms with van der Waals surface area (Å²) in [7, 11) is 3.14. The van der Waals surface area contributed by atoms with Crippen molar-refractivity contribution in [3.05, 3.63) is 40.3 Å². The van der Waals surface area contributed by atoms with E-state index in [0.29, 0.717) is 13.0 Å². The topological polar surface area (TPSA) is 113 Å². The summed E-state index contributed by atoms with van der Waals surface area (Å²) in [5, 5.41) is 4.04. The molecule has 0 amide bonds. The number of methoxy groups -OCH3 is 2. The second kappa shape index (κ2) is 9.93. The van der Waals surface area contributed by atoms with Gasteiger partial charge in [0.15, 0.2) is 12.1 Å². The van der Waals surface area contributed by atoms with E-state index in [9.17, 15) is 5.53 Å². The number of ether oxygens (including phenoxy) is 7. The Kier molecular flexibility index (Phi) is 7.54. The molecule has 0 N–H and O–H groups in total. The summed E-state index contributed by atoms with van der Waals surface area (Å²) in [5.74, 6) is -0.115. The zero-order valence-electron chi connectivity index (χ0n) is 17.8. The third-order valence-electron chi connectivity index (χ3n) is 5.10. The Hall–Kier alpha value is -1.91. The van der Waals surface area contributed by atoms with E-state index in [-0.39, 0.29) is 20.0 Å². The first-order valence-electron chi connectivity index (χ1n) is 9.79. The van der Waals surface area contributed by atoms with Crippen LogP contribution in [-0.4, -0.2) is 64.4 Å². The van der Waals surface area contributed by atoms with Gasteiger partial charge in [0, 0.05) is 17.6 Å². The molecule has 0 spiro atoms. The first-order valence-corrected chi connectivity index (χ1v) is 9.79. The number of hydrogen-bond donors (Lipinski definition) is 0. The van der Waals surface area contributed by atoms with Crippen molar-refractivity contribution < 1.29 is 33.2 Å². The monoisotopic (exact) mass is 423 g/mol. The SMILES string of the molecule is COCOC[C@@]1(N=[N+]=[N-])COC(C)(C)O[C@H]1[C@H]1CCO[C@@H](c2ccc(OC)cc2)O1. The Morgan fingerprint density at radius 2 is 2.00 bits per heavy atom. The number of nitrogens with zero attached hydrogens (tertiary/aromatic N) is 3. The van der Waals surface area contributed by atoms with Crippen LogP contribution in [0, 0.1) is 0 Å². The lowest BCUT2D eigenvalue weighted by atomic mass is 9.87. The zero-order chi connectivity index (χ0) is 21.6. The molecule has 1 aromatic carbocycles. The summed E-state index contributed by atoms with van der Waals surface area (Å²) in [6.45, 7) is 4.36. The minimum Gasteiger partial charge on any atom is -0.497 e. The van der Waals surface area contributed by atoms with E-state index in [1.165, 1.54) is 7.11 Å². The van der Waals surface area contributed by atoms with Crippen LogP contribution in [0.3, 0.4) is 0 Å². The van der Waals surface area contributed by atoms with Crippen LogP contribution in [0.25, 0.3) is 10.4 Å². The van der Waals surface area contributed by atoms with E-state index in [0.717, 1.165) is 11.3 Å². The van der Waals surface area contributed by atoms with Crippen molar-refractivity contribution in [3.8, 4) is 5.75 Å². The Morgan fingerprint density at radius 3 is 2.67 bits per heavy atom. The van der Waals surface area contributed by atoms with Gasteiger partial charge in [0.25, 0.3) is 0 Å². The molecule has 1 aromatic rings. The third-order valence-corrected chi connectivity index (χ3v) is 5.10. The molecule has 0 bridgehead atoms.